The smallest absolute Gasteiger partial charge is 0.279 e. The van der Waals surface area contributed by atoms with Crippen molar-refractivity contribution in [3.05, 3.63) is 64.8 Å². The van der Waals surface area contributed by atoms with Crippen LogP contribution in [0.25, 0.3) is 0 Å². The van der Waals surface area contributed by atoms with E-state index in [9.17, 15) is 18.8 Å². The molecule has 2 amide bonds. The minimum absolute atomic E-state index is 0.0229. The summed E-state index contributed by atoms with van der Waals surface area (Å²) in [5.41, 5.74) is 0.227. The van der Waals surface area contributed by atoms with Gasteiger partial charge in [-0.1, -0.05) is 12.1 Å². The Morgan fingerprint density at radius 3 is 2.59 bits per heavy atom. The van der Waals surface area contributed by atoms with E-state index in [0.717, 1.165) is 4.90 Å². The molecule has 0 atom stereocenters. The molecule has 2 N–H and O–H groups in total. The number of pyridine rings is 1. The lowest BCUT2D eigenvalue weighted by Crippen LogP contribution is -3.15. The van der Waals surface area contributed by atoms with Gasteiger partial charge in [-0.25, -0.2) is 4.39 Å². The maximum Gasteiger partial charge on any atom is 0.279 e. The lowest BCUT2D eigenvalue weighted by atomic mass is 10.3. The quantitative estimate of drug-likeness (QED) is 0.732. The number of carbonyl (C=O) groups excluding carboxylic acids is 2. The maximum atomic E-state index is 13.2. The number of benzene rings is 1. The second kappa shape index (κ2) is 8.59. The van der Waals surface area contributed by atoms with Gasteiger partial charge in [0.1, 0.15) is 12.4 Å². The molecule has 27 heavy (non-hydrogen) atoms. The van der Waals surface area contributed by atoms with Crippen molar-refractivity contribution in [3.63, 3.8) is 0 Å². The van der Waals surface area contributed by atoms with Crippen LogP contribution < -0.4 is 15.8 Å². The molecule has 1 aliphatic heterocycles. The van der Waals surface area contributed by atoms with Crippen molar-refractivity contribution in [1.82, 2.24) is 9.47 Å². The first-order chi connectivity index (χ1) is 13.0. The van der Waals surface area contributed by atoms with Gasteiger partial charge in [0.2, 0.25) is 5.91 Å². The van der Waals surface area contributed by atoms with E-state index in [2.05, 4.69) is 5.32 Å². The number of rotatable bonds is 5. The van der Waals surface area contributed by atoms with Crippen LogP contribution in [0.1, 0.15) is 0 Å². The van der Waals surface area contributed by atoms with Crippen molar-refractivity contribution < 1.29 is 18.9 Å². The number of nitrogens with one attached hydrogen (secondary N) is 2. The zero-order chi connectivity index (χ0) is 19.2. The van der Waals surface area contributed by atoms with Crippen LogP contribution in [0, 0.1) is 5.82 Å². The molecule has 1 saturated heterocycles. The van der Waals surface area contributed by atoms with Crippen molar-refractivity contribution in [1.29, 1.82) is 0 Å². The van der Waals surface area contributed by atoms with Crippen molar-refractivity contribution in [2.75, 3.05) is 38.0 Å². The third kappa shape index (κ3) is 5.24. The Labute approximate surface area is 156 Å². The number of amides is 2. The van der Waals surface area contributed by atoms with Crippen LogP contribution in [-0.2, 0) is 16.1 Å². The minimum Gasteiger partial charge on any atom is -0.330 e. The van der Waals surface area contributed by atoms with Crippen LogP contribution in [0.2, 0.25) is 0 Å². The fourth-order valence-corrected chi connectivity index (χ4v) is 3.08. The van der Waals surface area contributed by atoms with Gasteiger partial charge >= 0.3 is 0 Å². The van der Waals surface area contributed by atoms with Gasteiger partial charge in [-0.15, -0.1) is 0 Å². The highest BCUT2D eigenvalue weighted by Gasteiger charge is 2.25. The Balaban J connectivity index is 1.46. The number of hydrogen-bond donors (Lipinski definition) is 2. The van der Waals surface area contributed by atoms with Gasteiger partial charge in [-0.3, -0.25) is 14.4 Å². The lowest BCUT2D eigenvalue weighted by Gasteiger charge is -2.32. The maximum absolute atomic E-state index is 13.2. The number of carbonyl (C=O) groups is 2. The standard InChI is InChI=1S/C19H21FN4O3/c20-15-4-3-5-16(12-15)21-17(25)13-22-8-10-23(11-9-22)19(27)14-24-7-2-1-6-18(24)26/h1-7,12H,8-11,13-14H2,(H,21,25)/p+1. The first-order valence-corrected chi connectivity index (χ1v) is 8.83. The molecule has 1 aromatic carbocycles. The van der Waals surface area contributed by atoms with E-state index >= 15 is 0 Å². The van der Waals surface area contributed by atoms with Gasteiger partial charge < -0.3 is 19.7 Å². The summed E-state index contributed by atoms with van der Waals surface area (Å²) in [5.74, 6) is -0.692. The molecule has 0 radical (unpaired) electrons. The fraction of sp³-hybridized carbons (Fsp3) is 0.316. The molecule has 142 valence electrons. The van der Waals surface area contributed by atoms with Crippen molar-refractivity contribution in [3.8, 4) is 0 Å². The van der Waals surface area contributed by atoms with Gasteiger partial charge in [0.15, 0.2) is 6.54 Å². The number of aromatic nitrogens is 1. The number of halogens is 1. The predicted molar refractivity (Wildman–Crippen MR) is 97.9 cm³/mol. The number of anilines is 1. The largest absolute Gasteiger partial charge is 0.330 e. The molecular weight excluding hydrogens is 351 g/mol. The van der Waals surface area contributed by atoms with Gasteiger partial charge in [0.05, 0.1) is 26.2 Å². The average molecular weight is 373 g/mol. The Bertz CT molecular complexity index is 875. The van der Waals surface area contributed by atoms with Gasteiger partial charge in [-0.2, -0.15) is 0 Å². The Morgan fingerprint density at radius 1 is 1.11 bits per heavy atom. The highest BCUT2D eigenvalue weighted by molar-refractivity contribution is 5.91. The van der Waals surface area contributed by atoms with E-state index in [1.54, 1.807) is 35.4 Å². The van der Waals surface area contributed by atoms with Gasteiger partial charge in [-0.05, 0) is 24.3 Å². The topological polar surface area (TPSA) is 75.8 Å². The SMILES string of the molecule is O=C(C[NH+]1CCN(C(=O)Cn2ccccc2=O)CC1)Nc1cccc(F)c1. The van der Waals surface area contributed by atoms with Crippen LogP contribution in [0.15, 0.2) is 53.5 Å². The Kier molecular flexibility index (Phi) is 5.97. The molecule has 1 aromatic heterocycles. The molecule has 3 rings (SSSR count). The van der Waals surface area contributed by atoms with Crippen LogP contribution in [0.4, 0.5) is 10.1 Å². The molecule has 0 saturated carbocycles. The Hall–Kier alpha value is -3.00. The molecule has 1 aliphatic rings. The van der Waals surface area contributed by atoms with Crippen molar-refractivity contribution >= 4 is 17.5 Å². The monoisotopic (exact) mass is 373 g/mol. The van der Waals surface area contributed by atoms with E-state index in [0.29, 0.717) is 31.9 Å². The normalized spacial score (nSPS) is 14.8. The molecular formula is C19H22FN4O3+. The Morgan fingerprint density at radius 2 is 1.89 bits per heavy atom. The zero-order valence-electron chi connectivity index (χ0n) is 14.9. The van der Waals surface area contributed by atoms with Crippen LogP contribution >= 0.6 is 0 Å². The summed E-state index contributed by atoms with van der Waals surface area (Å²) in [6.07, 6.45) is 1.60. The number of hydrogen-bond acceptors (Lipinski definition) is 3. The molecule has 0 aliphatic carbocycles. The lowest BCUT2D eigenvalue weighted by molar-refractivity contribution is -0.895. The molecule has 8 heteroatoms. The first-order valence-electron chi connectivity index (χ1n) is 8.83. The first kappa shape index (κ1) is 18.8. The third-order valence-electron chi connectivity index (χ3n) is 4.55. The van der Waals surface area contributed by atoms with Crippen molar-refractivity contribution in [2.45, 2.75) is 6.54 Å². The summed E-state index contributed by atoms with van der Waals surface area (Å²) >= 11 is 0. The number of nitrogens with zero attached hydrogens (tertiary/aromatic N) is 2. The van der Waals surface area contributed by atoms with Crippen LogP contribution in [0.3, 0.4) is 0 Å². The second-order valence-electron chi connectivity index (χ2n) is 6.53. The molecule has 2 heterocycles. The van der Waals surface area contributed by atoms with Crippen LogP contribution in [-0.4, -0.2) is 54.0 Å². The second-order valence-corrected chi connectivity index (χ2v) is 6.53. The predicted octanol–water partition coefficient (Wildman–Crippen LogP) is -0.647. The van der Waals surface area contributed by atoms with Crippen molar-refractivity contribution in [2.24, 2.45) is 0 Å². The molecule has 7 nitrogen and oxygen atoms in total. The van der Waals surface area contributed by atoms with E-state index in [1.807, 2.05) is 0 Å². The van der Waals surface area contributed by atoms with Gasteiger partial charge in [0, 0.05) is 18.0 Å². The van der Waals surface area contributed by atoms with Gasteiger partial charge in [0.25, 0.3) is 11.5 Å². The van der Waals surface area contributed by atoms with E-state index in [1.165, 1.54) is 22.8 Å². The minimum atomic E-state index is -0.398. The highest BCUT2D eigenvalue weighted by Crippen LogP contribution is 2.08. The number of piperazine rings is 1. The molecule has 1 fully saturated rings. The van der Waals surface area contributed by atoms with E-state index in [4.69, 9.17) is 0 Å². The summed E-state index contributed by atoms with van der Waals surface area (Å²) in [5, 5.41) is 2.68. The van der Waals surface area contributed by atoms with Crippen LogP contribution in [0.5, 0.6) is 0 Å². The molecule has 0 spiro atoms. The molecule has 0 bridgehead atoms. The van der Waals surface area contributed by atoms with E-state index in [-0.39, 0.29) is 30.5 Å². The average Bonchev–Trinajstić information content (AvgIpc) is 2.64. The third-order valence-corrected chi connectivity index (χ3v) is 4.55. The summed E-state index contributed by atoms with van der Waals surface area (Å²) in [6, 6.07) is 10.6. The highest BCUT2D eigenvalue weighted by atomic mass is 19.1. The molecule has 0 unspecified atom stereocenters. The number of quaternary nitrogens is 1. The molecule has 2 aromatic rings. The van der Waals surface area contributed by atoms with E-state index < -0.39 is 5.82 Å². The summed E-state index contributed by atoms with van der Waals surface area (Å²) in [6.45, 7) is 2.63. The summed E-state index contributed by atoms with van der Waals surface area (Å²) in [7, 11) is 0. The zero-order valence-corrected chi connectivity index (χ0v) is 14.9. The summed E-state index contributed by atoms with van der Waals surface area (Å²) < 4.78 is 14.5. The fourth-order valence-electron chi connectivity index (χ4n) is 3.08. The summed E-state index contributed by atoms with van der Waals surface area (Å²) in [4.78, 5) is 39.0.